The Labute approximate surface area is 210 Å². The van der Waals surface area contributed by atoms with Gasteiger partial charge >= 0.3 is 5.97 Å². The lowest BCUT2D eigenvalue weighted by Gasteiger charge is -2.26. The second kappa shape index (κ2) is 11.2. The van der Waals surface area contributed by atoms with Crippen LogP contribution in [0.3, 0.4) is 0 Å². The number of carboxylic acid groups (broad SMARTS) is 1. The van der Waals surface area contributed by atoms with Crippen LogP contribution in [0.4, 0.5) is 0 Å². The molecule has 8 heteroatoms. The number of hydrogen-bond acceptors (Lipinski definition) is 4. The number of nitrogens with one attached hydrogen (secondary N) is 1. The molecule has 35 heavy (non-hydrogen) atoms. The lowest BCUT2D eigenvalue weighted by atomic mass is 9.85. The minimum Gasteiger partial charge on any atom is -0.481 e. The Morgan fingerprint density at radius 2 is 1.91 bits per heavy atom. The van der Waals surface area contributed by atoms with Gasteiger partial charge in [0.15, 0.2) is 0 Å². The Hall–Kier alpha value is -3.00. The Morgan fingerprint density at radius 1 is 1.11 bits per heavy atom. The Balaban J connectivity index is 1.52. The van der Waals surface area contributed by atoms with Crippen molar-refractivity contribution in [3.8, 4) is 0 Å². The number of carboxylic acids is 1. The number of pyridine rings is 1. The second-order valence-electron chi connectivity index (χ2n) is 8.64. The van der Waals surface area contributed by atoms with Crippen LogP contribution in [0.5, 0.6) is 0 Å². The van der Waals surface area contributed by atoms with Crippen LogP contribution < -0.4 is 4.72 Å². The molecule has 1 aliphatic carbocycles. The molecule has 0 fully saturated rings. The van der Waals surface area contributed by atoms with E-state index < -0.39 is 16.0 Å². The van der Waals surface area contributed by atoms with Crippen LogP contribution in [-0.4, -0.2) is 30.5 Å². The van der Waals surface area contributed by atoms with Crippen LogP contribution in [0.25, 0.3) is 5.57 Å². The molecule has 0 spiro atoms. The molecule has 6 nitrogen and oxygen atoms in total. The van der Waals surface area contributed by atoms with Gasteiger partial charge in [0, 0.05) is 35.4 Å². The summed E-state index contributed by atoms with van der Waals surface area (Å²) in [7, 11) is -3.62. The number of allylic oxidation sites excluding steroid dienone is 1. The summed E-state index contributed by atoms with van der Waals surface area (Å²) in [5, 5.41) is 9.43. The summed E-state index contributed by atoms with van der Waals surface area (Å²) in [6, 6.07) is 16.1. The fourth-order valence-corrected chi connectivity index (χ4v) is 5.74. The van der Waals surface area contributed by atoms with Crippen molar-refractivity contribution in [2.45, 2.75) is 49.5 Å². The summed E-state index contributed by atoms with van der Waals surface area (Å²) in [5.74, 6) is -0.795. The highest BCUT2D eigenvalue weighted by Crippen LogP contribution is 2.30. The molecule has 1 aromatic heterocycles. The summed E-state index contributed by atoms with van der Waals surface area (Å²) < 4.78 is 28.4. The van der Waals surface area contributed by atoms with Gasteiger partial charge in [0.25, 0.3) is 0 Å². The highest BCUT2D eigenvalue weighted by atomic mass is 35.5. The first-order valence-corrected chi connectivity index (χ1v) is 13.4. The van der Waals surface area contributed by atoms with Crippen LogP contribution >= 0.6 is 11.6 Å². The number of nitrogens with zero attached hydrogens (tertiary/aromatic N) is 1. The van der Waals surface area contributed by atoms with Gasteiger partial charge in [-0.1, -0.05) is 41.9 Å². The smallest absolute Gasteiger partial charge is 0.303 e. The van der Waals surface area contributed by atoms with E-state index in [1.165, 1.54) is 17.7 Å². The lowest BCUT2D eigenvalue weighted by Crippen LogP contribution is -2.38. The summed E-state index contributed by atoms with van der Waals surface area (Å²) >= 11 is 5.89. The minimum atomic E-state index is -3.62. The van der Waals surface area contributed by atoms with E-state index in [0.717, 1.165) is 28.7 Å². The van der Waals surface area contributed by atoms with Crippen LogP contribution in [-0.2, 0) is 27.7 Å². The quantitative estimate of drug-likeness (QED) is 0.383. The van der Waals surface area contributed by atoms with Crippen molar-refractivity contribution >= 4 is 33.2 Å². The summed E-state index contributed by atoms with van der Waals surface area (Å²) in [4.78, 5) is 15.3. The van der Waals surface area contributed by atoms with Crippen molar-refractivity contribution in [2.24, 2.45) is 0 Å². The number of aromatic nitrogens is 1. The molecular weight excluding hydrogens is 484 g/mol. The van der Waals surface area contributed by atoms with Crippen molar-refractivity contribution in [1.82, 2.24) is 9.71 Å². The van der Waals surface area contributed by atoms with Crippen LogP contribution in [0.1, 0.15) is 47.9 Å². The standard InChI is InChI=1S/C27H27ClN2O4S/c28-23-10-13-25(14-11-23)35(33,34)30-24-12-9-19-16-21(8-7-20(19)17-24)26(5-1-2-6-27(31)32)22-4-3-15-29-18-22/h3-5,7-8,10-11,13-16,18,24,30H,1-2,6,9,12,17H2,(H,31,32). The van der Waals surface area contributed by atoms with Gasteiger partial charge < -0.3 is 5.11 Å². The van der Waals surface area contributed by atoms with Gasteiger partial charge in [0.05, 0.1) is 4.90 Å². The second-order valence-corrected chi connectivity index (χ2v) is 10.8. The van der Waals surface area contributed by atoms with Gasteiger partial charge in [-0.25, -0.2) is 13.1 Å². The number of benzene rings is 2. The first-order valence-electron chi connectivity index (χ1n) is 11.5. The molecule has 1 heterocycles. The molecule has 0 amide bonds. The maximum Gasteiger partial charge on any atom is 0.303 e. The number of aliphatic carboxylic acids is 1. The van der Waals surface area contributed by atoms with Crippen LogP contribution in [0.2, 0.25) is 5.02 Å². The predicted molar refractivity (Wildman–Crippen MR) is 137 cm³/mol. The number of carbonyl (C=O) groups is 1. The van der Waals surface area contributed by atoms with Crippen LogP contribution in [0, 0.1) is 0 Å². The molecule has 0 saturated carbocycles. The maximum absolute atomic E-state index is 12.8. The summed E-state index contributed by atoms with van der Waals surface area (Å²) in [5.41, 5.74) is 5.38. The van der Waals surface area contributed by atoms with E-state index in [-0.39, 0.29) is 17.4 Å². The van der Waals surface area contributed by atoms with Crippen molar-refractivity contribution < 1.29 is 18.3 Å². The molecule has 2 N–H and O–H groups in total. The normalized spacial score (nSPS) is 16.0. The van der Waals surface area contributed by atoms with E-state index in [0.29, 0.717) is 30.7 Å². The van der Waals surface area contributed by atoms with Crippen molar-refractivity contribution in [3.63, 3.8) is 0 Å². The SMILES string of the molecule is O=C(O)CCCC=C(c1cccnc1)c1ccc2c(c1)CCC(NS(=O)(=O)c1ccc(Cl)cc1)C2. The van der Waals surface area contributed by atoms with E-state index in [9.17, 15) is 13.2 Å². The molecule has 3 aromatic rings. The molecule has 1 aliphatic rings. The number of rotatable bonds is 9. The average Bonchev–Trinajstić information content (AvgIpc) is 2.84. The third-order valence-electron chi connectivity index (χ3n) is 6.11. The van der Waals surface area contributed by atoms with Crippen LogP contribution in [0.15, 0.2) is 78.0 Å². The predicted octanol–water partition coefficient (Wildman–Crippen LogP) is 5.26. The molecule has 182 valence electrons. The monoisotopic (exact) mass is 510 g/mol. The third-order valence-corrected chi connectivity index (χ3v) is 7.90. The third kappa shape index (κ3) is 6.57. The molecule has 1 unspecified atom stereocenters. The largest absolute Gasteiger partial charge is 0.481 e. The van der Waals surface area contributed by atoms with E-state index in [1.807, 2.05) is 24.4 Å². The first kappa shape index (κ1) is 25.1. The van der Waals surface area contributed by atoms with Gasteiger partial charge in [0.1, 0.15) is 0 Å². The zero-order valence-corrected chi connectivity index (χ0v) is 20.7. The zero-order chi connectivity index (χ0) is 24.8. The average molecular weight is 511 g/mol. The molecule has 2 aromatic carbocycles. The molecule has 1 atom stereocenters. The van der Waals surface area contributed by atoms with Gasteiger partial charge in [-0.3, -0.25) is 9.78 Å². The molecule has 0 aliphatic heterocycles. The Bertz CT molecular complexity index is 1320. The molecule has 0 saturated heterocycles. The number of unbranched alkanes of at least 4 members (excludes halogenated alkanes) is 1. The van der Waals surface area contributed by atoms with E-state index in [1.54, 1.807) is 18.3 Å². The number of hydrogen-bond donors (Lipinski definition) is 2. The van der Waals surface area contributed by atoms with E-state index >= 15 is 0 Å². The maximum atomic E-state index is 12.8. The fraction of sp³-hybridized carbons (Fsp3) is 0.259. The molecular formula is C27H27ClN2O4S. The molecule has 0 radical (unpaired) electrons. The van der Waals surface area contributed by atoms with Gasteiger partial charge in [-0.05, 0) is 84.7 Å². The van der Waals surface area contributed by atoms with E-state index in [2.05, 4.69) is 27.9 Å². The number of fused-ring (bicyclic) bond motifs is 1. The summed E-state index contributed by atoms with van der Waals surface area (Å²) in [6.45, 7) is 0. The lowest BCUT2D eigenvalue weighted by molar-refractivity contribution is -0.137. The fourth-order valence-electron chi connectivity index (χ4n) is 4.35. The van der Waals surface area contributed by atoms with Crippen molar-refractivity contribution in [3.05, 3.63) is 100 Å². The highest BCUT2D eigenvalue weighted by molar-refractivity contribution is 7.89. The number of halogens is 1. The first-order chi connectivity index (χ1) is 16.8. The number of sulfonamides is 1. The molecule has 4 rings (SSSR count). The topological polar surface area (TPSA) is 96.4 Å². The minimum absolute atomic E-state index is 0.133. The Kier molecular flexibility index (Phi) is 8.00. The van der Waals surface area contributed by atoms with Crippen molar-refractivity contribution in [1.29, 1.82) is 0 Å². The van der Waals surface area contributed by atoms with E-state index in [4.69, 9.17) is 16.7 Å². The summed E-state index contributed by atoms with van der Waals surface area (Å²) in [6.07, 6.45) is 9.05. The van der Waals surface area contributed by atoms with Crippen molar-refractivity contribution in [2.75, 3.05) is 0 Å². The van der Waals surface area contributed by atoms with Gasteiger partial charge in [-0.2, -0.15) is 0 Å². The zero-order valence-electron chi connectivity index (χ0n) is 19.2. The molecule has 0 bridgehead atoms. The van der Waals surface area contributed by atoms with Gasteiger partial charge in [0.2, 0.25) is 10.0 Å². The highest BCUT2D eigenvalue weighted by Gasteiger charge is 2.25. The number of aryl methyl sites for hydroxylation is 1. The van der Waals surface area contributed by atoms with Gasteiger partial charge in [-0.15, -0.1) is 0 Å². The Morgan fingerprint density at radius 3 is 2.63 bits per heavy atom.